The highest BCUT2D eigenvalue weighted by molar-refractivity contribution is 7.81. The van der Waals surface area contributed by atoms with Gasteiger partial charge in [-0.3, -0.25) is 19.3 Å². The van der Waals surface area contributed by atoms with Gasteiger partial charge < -0.3 is 0 Å². The molecule has 0 N–H and O–H groups in total. The van der Waals surface area contributed by atoms with Gasteiger partial charge in [-0.2, -0.15) is 12.6 Å². The van der Waals surface area contributed by atoms with Crippen LogP contribution < -0.4 is 0 Å². The summed E-state index contributed by atoms with van der Waals surface area (Å²) in [5.41, 5.74) is 0. The lowest BCUT2D eigenvalue weighted by molar-refractivity contribution is -0.139. The maximum atomic E-state index is 11.9. The number of hydrogen-bond donors (Lipinski definition) is 1. The second kappa shape index (κ2) is 5.67. The van der Waals surface area contributed by atoms with Gasteiger partial charge in [0.15, 0.2) is 0 Å². The summed E-state index contributed by atoms with van der Waals surface area (Å²) in [5, 5.41) is -0.344. The normalized spacial score (nSPS) is 22.4. The molecule has 1 rings (SSSR count). The Morgan fingerprint density at radius 2 is 2.00 bits per heavy atom. The summed E-state index contributed by atoms with van der Waals surface area (Å²) in [6.07, 6.45) is 0.480. The largest absolute Gasteiger partial charge is 0.298 e. The van der Waals surface area contributed by atoms with Crippen molar-refractivity contribution in [2.75, 3.05) is 6.54 Å². The van der Waals surface area contributed by atoms with Gasteiger partial charge in [0, 0.05) is 25.3 Å². The van der Waals surface area contributed by atoms with Crippen molar-refractivity contribution in [3.8, 4) is 0 Å². The first-order chi connectivity index (χ1) is 7.84. The lowest BCUT2D eigenvalue weighted by Crippen LogP contribution is -2.34. The molecule has 0 aromatic rings. The van der Waals surface area contributed by atoms with Crippen LogP contribution in [-0.2, 0) is 14.4 Å². The summed E-state index contributed by atoms with van der Waals surface area (Å²) < 4.78 is 0. The molecule has 1 aliphatic rings. The molecule has 96 valence electrons. The lowest BCUT2D eigenvalue weighted by atomic mass is 9.94. The van der Waals surface area contributed by atoms with E-state index in [0.717, 1.165) is 0 Å². The van der Waals surface area contributed by atoms with Crippen molar-refractivity contribution in [1.29, 1.82) is 0 Å². The van der Waals surface area contributed by atoms with Crippen molar-refractivity contribution in [2.24, 2.45) is 11.8 Å². The second-order valence-electron chi connectivity index (χ2n) is 4.83. The molecule has 0 aliphatic carbocycles. The van der Waals surface area contributed by atoms with Crippen molar-refractivity contribution in [2.45, 2.75) is 38.9 Å². The topological polar surface area (TPSA) is 54.5 Å². The lowest BCUT2D eigenvalue weighted by Gasteiger charge is -2.16. The van der Waals surface area contributed by atoms with Crippen LogP contribution in [0.25, 0.3) is 0 Å². The van der Waals surface area contributed by atoms with Crippen LogP contribution in [0.3, 0.4) is 0 Å². The first kappa shape index (κ1) is 14.2. The Hall–Kier alpha value is -0.840. The number of likely N-dealkylation sites (tertiary alicyclic amines) is 1. The number of ketones is 1. The number of imide groups is 1. The number of amides is 2. The van der Waals surface area contributed by atoms with Crippen LogP contribution in [0.4, 0.5) is 0 Å². The molecule has 17 heavy (non-hydrogen) atoms. The molecule has 0 bridgehead atoms. The molecule has 1 saturated heterocycles. The van der Waals surface area contributed by atoms with Gasteiger partial charge in [0.05, 0.1) is 5.25 Å². The van der Waals surface area contributed by atoms with E-state index in [1.165, 1.54) is 4.90 Å². The smallest absolute Gasteiger partial charge is 0.233 e. The fourth-order valence-electron chi connectivity index (χ4n) is 1.90. The van der Waals surface area contributed by atoms with E-state index in [0.29, 0.717) is 0 Å². The highest BCUT2D eigenvalue weighted by atomic mass is 32.1. The van der Waals surface area contributed by atoms with E-state index in [2.05, 4.69) is 12.6 Å². The molecule has 2 amide bonds. The predicted molar refractivity (Wildman–Crippen MR) is 67.7 cm³/mol. The van der Waals surface area contributed by atoms with Crippen LogP contribution in [-0.4, -0.2) is 34.3 Å². The van der Waals surface area contributed by atoms with Gasteiger partial charge in [-0.05, 0) is 12.8 Å². The zero-order chi connectivity index (χ0) is 13.2. The van der Waals surface area contributed by atoms with Crippen LogP contribution in [0.15, 0.2) is 0 Å². The number of hydrogen-bond acceptors (Lipinski definition) is 4. The molecule has 0 aromatic carbocycles. The monoisotopic (exact) mass is 257 g/mol. The molecule has 0 radical (unpaired) electrons. The average Bonchev–Trinajstić information content (AvgIpc) is 2.51. The van der Waals surface area contributed by atoms with E-state index in [-0.39, 0.29) is 54.1 Å². The molecule has 2 unspecified atom stereocenters. The van der Waals surface area contributed by atoms with Gasteiger partial charge in [-0.15, -0.1) is 0 Å². The van der Waals surface area contributed by atoms with Gasteiger partial charge in [0.2, 0.25) is 11.8 Å². The Bertz CT molecular complexity index is 339. The Balaban J connectivity index is 2.58. The van der Waals surface area contributed by atoms with Crippen LogP contribution in [0.1, 0.15) is 33.6 Å². The highest BCUT2D eigenvalue weighted by Gasteiger charge is 2.39. The summed E-state index contributed by atoms with van der Waals surface area (Å²) in [7, 11) is 0. The Kier molecular flexibility index (Phi) is 4.74. The zero-order valence-electron chi connectivity index (χ0n) is 10.5. The fraction of sp³-hybridized carbons (Fsp3) is 0.750. The Labute approximate surface area is 107 Å². The van der Waals surface area contributed by atoms with Crippen molar-refractivity contribution >= 4 is 30.2 Å². The van der Waals surface area contributed by atoms with E-state index >= 15 is 0 Å². The van der Waals surface area contributed by atoms with E-state index in [9.17, 15) is 14.4 Å². The number of thiol groups is 1. The van der Waals surface area contributed by atoms with Crippen LogP contribution in [0, 0.1) is 11.8 Å². The minimum absolute atomic E-state index is 0.0399. The van der Waals surface area contributed by atoms with Gasteiger partial charge in [0.1, 0.15) is 5.78 Å². The molecule has 1 heterocycles. The molecule has 0 saturated carbocycles. The van der Waals surface area contributed by atoms with E-state index < -0.39 is 0 Å². The van der Waals surface area contributed by atoms with Gasteiger partial charge in [0.25, 0.3) is 0 Å². The van der Waals surface area contributed by atoms with Crippen LogP contribution in [0.2, 0.25) is 0 Å². The molecular weight excluding hydrogens is 238 g/mol. The maximum Gasteiger partial charge on any atom is 0.233 e. The van der Waals surface area contributed by atoms with Crippen LogP contribution >= 0.6 is 12.6 Å². The number of carbonyl (C=O) groups is 3. The third kappa shape index (κ3) is 3.31. The average molecular weight is 257 g/mol. The van der Waals surface area contributed by atoms with Gasteiger partial charge in [-0.1, -0.05) is 13.8 Å². The number of Topliss-reactive ketones (excluding diaryl/α,β-unsaturated/α-hetero) is 1. The molecule has 4 nitrogen and oxygen atoms in total. The van der Waals surface area contributed by atoms with Crippen molar-refractivity contribution in [3.63, 3.8) is 0 Å². The maximum absolute atomic E-state index is 11.9. The molecule has 0 aromatic heterocycles. The quantitative estimate of drug-likeness (QED) is 0.596. The van der Waals surface area contributed by atoms with E-state index in [1.54, 1.807) is 6.92 Å². The Morgan fingerprint density at radius 3 is 2.41 bits per heavy atom. The zero-order valence-corrected chi connectivity index (χ0v) is 11.4. The molecule has 0 spiro atoms. The molecule has 1 fully saturated rings. The first-order valence-corrected chi connectivity index (χ1v) is 6.41. The molecule has 1 aliphatic heterocycles. The molecular formula is C12H19NO3S. The van der Waals surface area contributed by atoms with Crippen molar-refractivity contribution in [1.82, 2.24) is 4.90 Å². The van der Waals surface area contributed by atoms with Crippen LogP contribution in [0.5, 0.6) is 0 Å². The third-order valence-corrected chi connectivity index (χ3v) is 3.42. The highest BCUT2D eigenvalue weighted by Crippen LogP contribution is 2.26. The summed E-state index contributed by atoms with van der Waals surface area (Å²) >= 11 is 4.03. The van der Waals surface area contributed by atoms with E-state index in [4.69, 9.17) is 0 Å². The summed E-state index contributed by atoms with van der Waals surface area (Å²) in [6, 6.07) is 0. The fourth-order valence-corrected chi connectivity index (χ4v) is 2.02. The minimum Gasteiger partial charge on any atom is -0.298 e. The number of carbonyl (C=O) groups excluding carboxylic acids is 3. The predicted octanol–water partition coefficient (Wildman–Crippen LogP) is 1.29. The molecule has 2 atom stereocenters. The minimum atomic E-state index is -0.344. The van der Waals surface area contributed by atoms with Crippen molar-refractivity contribution < 1.29 is 14.4 Å². The summed E-state index contributed by atoms with van der Waals surface area (Å²) in [5.74, 6) is -0.387. The third-order valence-electron chi connectivity index (χ3n) is 3.13. The summed E-state index contributed by atoms with van der Waals surface area (Å²) in [4.78, 5) is 36.2. The SMILES string of the molecule is CC(S)C(=O)CCN1C(=O)CC(C(C)C)C1=O. The first-order valence-electron chi connectivity index (χ1n) is 5.89. The van der Waals surface area contributed by atoms with Gasteiger partial charge in [-0.25, -0.2) is 0 Å². The standard InChI is InChI=1S/C12H19NO3S/c1-7(2)9-6-11(15)13(12(9)16)5-4-10(14)8(3)17/h7-9,17H,4-6H2,1-3H3. The number of rotatable bonds is 5. The molecule has 5 heteroatoms. The Morgan fingerprint density at radius 1 is 1.41 bits per heavy atom. The van der Waals surface area contributed by atoms with Crippen molar-refractivity contribution in [3.05, 3.63) is 0 Å². The van der Waals surface area contributed by atoms with E-state index in [1.807, 2.05) is 13.8 Å². The second-order valence-corrected chi connectivity index (χ2v) is 5.61. The van der Waals surface area contributed by atoms with Gasteiger partial charge >= 0.3 is 0 Å². The summed E-state index contributed by atoms with van der Waals surface area (Å²) in [6.45, 7) is 5.75. The number of nitrogens with zero attached hydrogens (tertiary/aromatic N) is 1.